The van der Waals surface area contributed by atoms with E-state index in [0.29, 0.717) is 0 Å². The maximum atomic E-state index is 5.04. The Morgan fingerprint density at radius 2 is 2.07 bits per heavy atom. The van der Waals surface area contributed by atoms with E-state index >= 15 is 0 Å². The summed E-state index contributed by atoms with van der Waals surface area (Å²) in [5, 5.41) is 3.33. The Morgan fingerprint density at radius 3 is 2.64 bits per heavy atom. The predicted octanol–water partition coefficient (Wildman–Crippen LogP) is 2.32. The second-order valence-corrected chi connectivity index (χ2v) is 3.26. The van der Waals surface area contributed by atoms with Gasteiger partial charge < -0.3 is 10.1 Å². The fourth-order valence-corrected chi connectivity index (χ4v) is 1.16. The maximum absolute atomic E-state index is 5.04. The van der Waals surface area contributed by atoms with Crippen LogP contribution in [-0.2, 0) is 11.3 Å². The lowest BCUT2D eigenvalue weighted by atomic mass is 10.2. The van der Waals surface area contributed by atoms with E-state index in [4.69, 9.17) is 4.74 Å². The van der Waals surface area contributed by atoms with Crippen molar-refractivity contribution in [2.24, 2.45) is 0 Å². The summed E-state index contributed by atoms with van der Waals surface area (Å²) in [5.41, 5.74) is 1.27. The van der Waals surface area contributed by atoms with Crippen molar-refractivity contribution >= 4 is 0 Å². The van der Waals surface area contributed by atoms with Gasteiger partial charge in [-0.05, 0) is 12.5 Å². The summed E-state index contributed by atoms with van der Waals surface area (Å²) in [6.07, 6.45) is 0. The van der Waals surface area contributed by atoms with Crippen LogP contribution in [0, 0.1) is 0 Å². The van der Waals surface area contributed by atoms with E-state index in [-0.39, 0.29) is 6.04 Å². The van der Waals surface area contributed by atoms with Crippen LogP contribution in [0.3, 0.4) is 0 Å². The monoisotopic (exact) mass is 191 g/mol. The Kier molecular flexibility index (Phi) is 4.20. The molecule has 0 radical (unpaired) electrons. The molecule has 0 bridgehead atoms. The maximum Gasteiger partial charge on any atom is 0.105 e. The molecule has 0 saturated heterocycles. The molecule has 0 fully saturated rings. The highest BCUT2D eigenvalue weighted by Gasteiger charge is 2.04. The lowest BCUT2D eigenvalue weighted by Gasteiger charge is -2.15. The van der Waals surface area contributed by atoms with Crippen LogP contribution in [-0.4, -0.2) is 13.2 Å². The topological polar surface area (TPSA) is 21.3 Å². The Balaban J connectivity index is 2.38. The molecule has 2 heteroatoms. The minimum Gasteiger partial charge on any atom is -0.500 e. The second kappa shape index (κ2) is 5.45. The van der Waals surface area contributed by atoms with Crippen LogP contribution in [0.25, 0.3) is 0 Å². The van der Waals surface area contributed by atoms with E-state index in [0.717, 1.165) is 12.3 Å². The van der Waals surface area contributed by atoms with Crippen molar-refractivity contribution in [1.82, 2.24) is 5.32 Å². The van der Waals surface area contributed by atoms with Crippen LogP contribution in [0.5, 0.6) is 0 Å². The molecule has 0 saturated carbocycles. The summed E-state index contributed by atoms with van der Waals surface area (Å²) < 4.78 is 5.04. The van der Waals surface area contributed by atoms with Crippen LogP contribution >= 0.6 is 0 Å². The largest absolute Gasteiger partial charge is 0.500 e. The zero-order valence-electron chi connectivity index (χ0n) is 8.79. The Hall–Kier alpha value is -1.28. The van der Waals surface area contributed by atoms with Gasteiger partial charge in [0.2, 0.25) is 0 Å². The number of nitrogens with one attached hydrogen (secondary N) is 1. The van der Waals surface area contributed by atoms with Gasteiger partial charge >= 0.3 is 0 Å². The van der Waals surface area contributed by atoms with E-state index in [9.17, 15) is 0 Å². The van der Waals surface area contributed by atoms with Gasteiger partial charge in [-0.3, -0.25) is 0 Å². The molecule has 76 valence electrons. The molecule has 1 rings (SSSR count). The number of hydrogen-bond donors (Lipinski definition) is 1. The first-order valence-corrected chi connectivity index (χ1v) is 4.74. The molecule has 1 atom stereocenters. The van der Waals surface area contributed by atoms with Crippen molar-refractivity contribution in [3.8, 4) is 0 Å². The average molecular weight is 191 g/mol. The highest BCUT2D eigenvalue weighted by Crippen LogP contribution is 2.02. The lowest BCUT2D eigenvalue weighted by molar-refractivity contribution is 0.257. The molecule has 14 heavy (non-hydrogen) atoms. The highest BCUT2D eigenvalue weighted by atomic mass is 16.5. The summed E-state index contributed by atoms with van der Waals surface area (Å²) in [7, 11) is 1.64. The lowest BCUT2D eigenvalue weighted by Crippen LogP contribution is -2.27. The van der Waals surface area contributed by atoms with Crippen molar-refractivity contribution in [3.05, 3.63) is 48.2 Å². The zero-order valence-corrected chi connectivity index (χ0v) is 8.79. The van der Waals surface area contributed by atoms with E-state index in [2.05, 4.69) is 24.0 Å². The van der Waals surface area contributed by atoms with Crippen LogP contribution in [0.1, 0.15) is 12.5 Å². The summed E-state index contributed by atoms with van der Waals surface area (Å²) >= 11 is 0. The third-order valence-corrected chi connectivity index (χ3v) is 2.20. The van der Waals surface area contributed by atoms with Crippen molar-refractivity contribution in [2.45, 2.75) is 19.5 Å². The van der Waals surface area contributed by atoms with Crippen LogP contribution < -0.4 is 5.32 Å². The van der Waals surface area contributed by atoms with E-state index in [1.54, 1.807) is 7.11 Å². The summed E-state index contributed by atoms with van der Waals surface area (Å²) in [5.74, 6) is 0.765. The van der Waals surface area contributed by atoms with E-state index in [1.165, 1.54) is 5.56 Å². The summed E-state index contributed by atoms with van der Waals surface area (Å²) in [6.45, 7) is 6.67. The molecule has 0 aromatic heterocycles. The molecular weight excluding hydrogens is 174 g/mol. The molecule has 1 unspecified atom stereocenters. The molecule has 0 heterocycles. The molecule has 0 amide bonds. The summed E-state index contributed by atoms with van der Waals surface area (Å²) in [4.78, 5) is 0. The fraction of sp³-hybridized carbons (Fsp3) is 0.333. The van der Waals surface area contributed by atoms with Gasteiger partial charge in [0.05, 0.1) is 13.2 Å². The number of methoxy groups -OCH3 is 1. The van der Waals surface area contributed by atoms with Gasteiger partial charge in [0.1, 0.15) is 5.76 Å². The molecule has 0 aliphatic rings. The standard InChI is InChI=1S/C12H17NO/c1-10(11(2)14-3)13-9-12-7-5-4-6-8-12/h4-8,10,13H,2,9H2,1,3H3. The molecule has 0 aliphatic heterocycles. The van der Waals surface area contributed by atoms with Gasteiger partial charge in [-0.15, -0.1) is 0 Å². The number of benzene rings is 1. The fourth-order valence-electron chi connectivity index (χ4n) is 1.16. The quantitative estimate of drug-likeness (QED) is 0.721. The van der Waals surface area contributed by atoms with Crippen LogP contribution in [0.15, 0.2) is 42.7 Å². The first-order chi connectivity index (χ1) is 6.74. The number of hydrogen-bond acceptors (Lipinski definition) is 2. The minimum atomic E-state index is 0.181. The molecule has 0 spiro atoms. The van der Waals surface area contributed by atoms with Gasteiger partial charge in [-0.1, -0.05) is 36.9 Å². The van der Waals surface area contributed by atoms with Crippen LogP contribution in [0.4, 0.5) is 0 Å². The Labute approximate surface area is 85.6 Å². The first-order valence-electron chi connectivity index (χ1n) is 4.74. The SMILES string of the molecule is C=C(OC)C(C)NCc1ccccc1. The van der Waals surface area contributed by atoms with Crippen molar-refractivity contribution < 1.29 is 4.74 Å². The predicted molar refractivity (Wildman–Crippen MR) is 58.9 cm³/mol. The first kappa shape index (κ1) is 10.8. The molecule has 0 aliphatic carbocycles. The smallest absolute Gasteiger partial charge is 0.105 e. The number of ether oxygens (including phenoxy) is 1. The zero-order chi connectivity index (χ0) is 10.4. The molecule has 2 nitrogen and oxygen atoms in total. The average Bonchev–Trinajstić information content (AvgIpc) is 2.26. The highest BCUT2D eigenvalue weighted by molar-refractivity contribution is 5.14. The second-order valence-electron chi connectivity index (χ2n) is 3.26. The van der Waals surface area contributed by atoms with Crippen molar-refractivity contribution in [3.63, 3.8) is 0 Å². The van der Waals surface area contributed by atoms with Gasteiger partial charge in [-0.25, -0.2) is 0 Å². The summed E-state index contributed by atoms with van der Waals surface area (Å²) in [6, 6.07) is 10.4. The third kappa shape index (κ3) is 3.23. The Bertz CT molecular complexity index is 282. The minimum absolute atomic E-state index is 0.181. The molecule has 1 N–H and O–H groups in total. The molecular formula is C12H17NO. The van der Waals surface area contributed by atoms with Crippen molar-refractivity contribution in [2.75, 3.05) is 7.11 Å². The van der Waals surface area contributed by atoms with E-state index in [1.807, 2.05) is 25.1 Å². The van der Waals surface area contributed by atoms with Gasteiger partial charge in [0.25, 0.3) is 0 Å². The molecule has 1 aromatic carbocycles. The van der Waals surface area contributed by atoms with Crippen molar-refractivity contribution in [1.29, 1.82) is 0 Å². The normalized spacial score (nSPS) is 12.1. The Morgan fingerprint density at radius 1 is 1.43 bits per heavy atom. The van der Waals surface area contributed by atoms with Gasteiger partial charge in [0, 0.05) is 6.54 Å². The third-order valence-electron chi connectivity index (χ3n) is 2.20. The van der Waals surface area contributed by atoms with E-state index < -0.39 is 0 Å². The van der Waals surface area contributed by atoms with Crippen LogP contribution in [0.2, 0.25) is 0 Å². The molecule has 1 aromatic rings. The number of rotatable bonds is 5. The van der Waals surface area contributed by atoms with Gasteiger partial charge in [-0.2, -0.15) is 0 Å². The van der Waals surface area contributed by atoms with Gasteiger partial charge in [0.15, 0.2) is 0 Å².